The Kier molecular flexibility index (Phi) is 6.15. The predicted octanol–water partition coefficient (Wildman–Crippen LogP) is 3.19. The molecule has 0 saturated carbocycles. The first kappa shape index (κ1) is 18.6. The summed E-state index contributed by atoms with van der Waals surface area (Å²) in [5, 5.41) is 3.25. The summed E-state index contributed by atoms with van der Waals surface area (Å²) in [5.41, 5.74) is 0.335. The van der Waals surface area contributed by atoms with Gasteiger partial charge in [0.25, 0.3) is 0 Å². The lowest BCUT2D eigenvalue weighted by Gasteiger charge is -2.11. The number of rotatable bonds is 7. The van der Waals surface area contributed by atoms with Gasteiger partial charge in [-0.1, -0.05) is 11.6 Å². The third-order valence-corrected chi connectivity index (χ3v) is 4.68. The van der Waals surface area contributed by atoms with Gasteiger partial charge < -0.3 is 10.1 Å². The van der Waals surface area contributed by atoms with Crippen LogP contribution in [-0.2, 0) is 16.4 Å². The summed E-state index contributed by atoms with van der Waals surface area (Å²) < 4.78 is 55.1. The molecule has 0 aliphatic rings. The number of hydrogen-bond donors (Lipinski definition) is 1. The lowest BCUT2D eigenvalue weighted by Crippen LogP contribution is -2.22. The number of ether oxygens (including phenoxy) is 1. The van der Waals surface area contributed by atoms with E-state index in [4.69, 9.17) is 16.3 Å². The zero-order valence-corrected chi connectivity index (χ0v) is 14.4. The van der Waals surface area contributed by atoms with Gasteiger partial charge in [-0.2, -0.15) is 0 Å². The van der Waals surface area contributed by atoms with Crippen LogP contribution in [0, 0.1) is 11.6 Å². The Morgan fingerprint density at radius 1 is 1.12 bits per heavy atom. The van der Waals surface area contributed by atoms with E-state index in [-0.39, 0.29) is 23.8 Å². The molecule has 2 rings (SSSR count). The Hall–Kier alpha value is -1.70. The van der Waals surface area contributed by atoms with Crippen LogP contribution in [0.25, 0.3) is 0 Å². The van der Waals surface area contributed by atoms with E-state index in [1.54, 1.807) is 0 Å². The fraction of sp³-hybridized carbons (Fsp3) is 0.250. The second kappa shape index (κ2) is 7.92. The molecule has 0 radical (unpaired) electrons. The molecule has 0 heterocycles. The van der Waals surface area contributed by atoms with Crippen LogP contribution in [-0.4, -0.2) is 27.8 Å². The van der Waals surface area contributed by atoms with Crippen molar-refractivity contribution in [2.75, 3.05) is 19.4 Å². The van der Waals surface area contributed by atoms with Crippen LogP contribution in [0.1, 0.15) is 5.56 Å². The fourth-order valence-corrected chi connectivity index (χ4v) is 3.19. The first-order valence-electron chi connectivity index (χ1n) is 7.04. The normalized spacial score (nSPS) is 11.5. The molecule has 4 nitrogen and oxygen atoms in total. The summed E-state index contributed by atoms with van der Waals surface area (Å²) in [5.74, 6) is -0.747. The van der Waals surface area contributed by atoms with E-state index in [9.17, 15) is 17.2 Å². The van der Waals surface area contributed by atoms with Crippen LogP contribution >= 0.6 is 11.6 Å². The average molecular weight is 376 g/mol. The summed E-state index contributed by atoms with van der Waals surface area (Å²) in [7, 11) is -3.44. The van der Waals surface area contributed by atoms with E-state index in [0.717, 1.165) is 12.3 Å². The first-order chi connectivity index (χ1) is 11.3. The van der Waals surface area contributed by atoms with E-state index in [1.807, 2.05) is 0 Å². The number of hydrogen-bond acceptors (Lipinski definition) is 4. The van der Waals surface area contributed by atoms with Crippen molar-refractivity contribution >= 4 is 21.4 Å². The van der Waals surface area contributed by atoms with Crippen LogP contribution in [0.5, 0.6) is 5.75 Å². The Labute approximate surface area is 144 Å². The van der Waals surface area contributed by atoms with Gasteiger partial charge in [0.2, 0.25) is 0 Å². The second-order valence-electron chi connectivity index (χ2n) is 5.12. The maximum atomic E-state index is 13.3. The van der Waals surface area contributed by atoms with Gasteiger partial charge >= 0.3 is 0 Å². The van der Waals surface area contributed by atoms with E-state index in [2.05, 4.69) is 5.32 Å². The molecule has 24 heavy (non-hydrogen) atoms. The zero-order chi connectivity index (χ0) is 17.7. The van der Waals surface area contributed by atoms with Crippen molar-refractivity contribution in [3.8, 4) is 5.75 Å². The number of nitrogens with one attached hydrogen (secondary N) is 1. The number of halogens is 3. The molecule has 130 valence electrons. The highest BCUT2D eigenvalue weighted by Gasteiger charge is 2.13. The summed E-state index contributed by atoms with van der Waals surface area (Å²) in [6, 6.07) is 7.32. The molecule has 1 N–H and O–H groups in total. The lowest BCUT2D eigenvalue weighted by atomic mass is 10.2. The van der Waals surface area contributed by atoms with Gasteiger partial charge in [-0.3, -0.25) is 0 Å². The van der Waals surface area contributed by atoms with E-state index in [1.165, 1.54) is 30.3 Å². The molecule has 2 aromatic carbocycles. The molecule has 0 saturated heterocycles. The van der Waals surface area contributed by atoms with Crippen LogP contribution in [0.15, 0.2) is 41.3 Å². The van der Waals surface area contributed by atoms with Crippen molar-refractivity contribution in [2.45, 2.75) is 11.4 Å². The van der Waals surface area contributed by atoms with Crippen molar-refractivity contribution in [3.63, 3.8) is 0 Å². The van der Waals surface area contributed by atoms with Crippen LogP contribution in [0.4, 0.5) is 8.78 Å². The van der Waals surface area contributed by atoms with E-state index < -0.39 is 21.5 Å². The van der Waals surface area contributed by atoms with E-state index in [0.29, 0.717) is 17.1 Å². The topological polar surface area (TPSA) is 55.4 Å². The molecule has 0 spiro atoms. The predicted molar refractivity (Wildman–Crippen MR) is 88.1 cm³/mol. The maximum absolute atomic E-state index is 13.3. The standard InChI is InChI=1S/C16H16ClF2NO3S/c1-24(21,22)16-5-3-12(18)8-11(16)10-20-6-7-23-15-9-13(19)2-4-14(15)17/h2-5,8-9,20H,6-7,10H2,1H3. The van der Waals surface area contributed by atoms with Gasteiger partial charge in [0.1, 0.15) is 24.0 Å². The van der Waals surface area contributed by atoms with Crippen molar-refractivity contribution in [1.82, 2.24) is 5.32 Å². The van der Waals surface area contributed by atoms with Crippen molar-refractivity contribution in [1.29, 1.82) is 0 Å². The molecule has 0 aliphatic heterocycles. The molecular formula is C16H16ClF2NO3S. The molecule has 0 aliphatic carbocycles. The molecule has 0 aromatic heterocycles. The van der Waals surface area contributed by atoms with Gasteiger partial charge in [-0.15, -0.1) is 0 Å². The summed E-state index contributed by atoms with van der Waals surface area (Å²) in [6.07, 6.45) is 1.07. The van der Waals surface area contributed by atoms with Crippen LogP contribution in [0.2, 0.25) is 5.02 Å². The van der Waals surface area contributed by atoms with Gasteiger partial charge in [-0.05, 0) is 35.9 Å². The summed E-state index contributed by atoms with van der Waals surface area (Å²) in [6.45, 7) is 0.680. The molecule has 8 heteroatoms. The Morgan fingerprint density at radius 3 is 2.50 bits per heavy atom. The minimum Gasteiger partial charge on any atom is -0.491 e. The van der Waals surface area contributed by atoms with Gasteiger partial charge in [0.05, 0.1) is 9.92 Å². The molecule has 0 fully saturated rings. The zero-order valence-electron chi connectivity index (χ0n) is 12.9. The lowest BCUT2D eigenvalue weighted by molar-refractivity contribution is 0.312. The monoisotopic (exact) mass is 375 g/mol. The average Bonchev–Trinajstić information content (AvgIpc) is 2.49. The highest BCUT2D eigenvalue weighted by atomic mass is 35.5. The smallest absolute Gasteiger partial charge is 0.175 e. The van der Waals surface area contributed by atoms with Crippen molar-refractivity contribution in [2.24, 2.45) is 0 Å². The Balaban J connectivity index is 1.91. The maximum Gasteiger partial charge on any atom is 0.175 e. The minimum absolute atomic E-state index is 0.0745. The van der Waals surface area contributed by atoms with Gasteiger partial charge in [0.15, 0.2) is 9.84 Å². The summed E-state index contributed by atoms with van der Waals surface area (Å²) in [4.78, 5) is 0.0745. The quantitative estimate of drug-likeness (QED) is 0.596. The van der Waals surface area contributed by atoms with Crippen molar-refractivity contribution in [3.05, 3.63) is 58.6 Å². The third-order valence-electron chi connectivity index (χ3n) is 3.17. The molecule has 2 aromatic rings. The Bertz CT molecular complexity index is 828. The summed E-state index contributed by atoms with van der Waals surface area (Å²) >= 11 is 5.87. The van der Waals surface area contributed by atoms with Crippen LogP contribution in [0.3, 0.4) is 0 Å². The molecular weight excluding hydrogens is 360 g/mol. The van der Waals surface area contributed by atoms with Crippen LogP contribution < -0.4 is 10.1 Å². The fourth-order valence-electron chi connectivity index (χ4n) is 2.09. The Morgan fingerprint density at radius 2 is 1.79 bits per heavy atom. The highest BCUT2D eigenvalue weighted by molar-refractivity contribution is 7.90. The molecule has 0 atom stereocenters. The number of sulfone groups is 1. The van der Waals surface area contributed by atoms with E-state index >= 15 is 0 Å². The van der Waals surface area contributed by atoms with Gasteiger partial charge in [-0.25, -0.2) is 17.2 Å². The first-order valence-corrected chi connectivity index (χ1v) is 9.31. The van der Waals surface area contributed by atoms with Gasteiger partial charge in [0, 0.05) is 25.4 Å². The SMILES string of the molecule is CS(=O)(=O)c1ccc(F)cc1CNCCOc1cc(F)ccc1Cl. The molecule has 0 bridgehead atoms. The molecule has 0 amide bonds. The largest absolute Gasteiger partial charge is 0.491 e. The van der Waals surface area contributed by atoms with Crippen molar-refractivity contribution < 1.29 is 21.9 Å². The highest BCUT2D eigenvalue weighted by Crippen LogP contribution is 2.24. The minimum atomic E-state index is -3.44. The number of benzene rings is 2. The molecule has 0 unspecified atom stereocenters. The second-order valence-corrected chi connectivity index (χ2v) is 7.52. The third kappa shape index (κ3) is 5.15.